The van der Waals surface area contributed by atoms with Crippen LogP contribution in [0.25, 0.3) is 9.88 Å². The smallest absolute Gasteiger partial charge is 0.161 e. The van der Waals surface area contributed by atoms with Crippen molar-refractivity contribution >= 4 is 22.9 Å². The van der Waals surface area contributed by atoms with Gasteiger partial charge in [-0.05, 0) is 31.4 Å². The van der Waals surface area contributed by atoms with E-state index in [-0.39, 0.29) is 0 Å². The van der Waals surface area contributed by atoms with Crippen LogP contribution in [-0.4, -0.2) is 26.3 Å². The summed E-state index contributed by atoms with van der Waals surface area (Å²) in [5.74, 6) is 0. The highest BCUT2D eigenvalue weighted by atomic mass is 32.1. The number of nitrogens with one attached hydrogen (secondary N) is 1. The van der Waals surface area contributed by atoms with Crippen molar-refractivity contribution in [3.05, 3.63) is 10.7 Å². The average molecular weight is 255 g/mol. The van der Waals surface area contributed by atoms with Crippen molar-refractivity contribution in [3.63, 3.8) is 0 Å². The molecule has 0 spiro atoms. The molecule has 2 rings (SSSR count). The summed E-state index contributed by atoms with van der Waals surface area (Å²) < 4.78 is 3.90. The zero-order valence-corrected chi connectivity index (χ0v) is 10.9. The number of hydrogen-bond acceptors (Lipinski definition) is 7. The maximum atomic E-state index is 4.16. The molecule has 0 aromatic carbocycles. The molecule has 0 unspecified atom stereocenters. The molecule has 0 saturated heterocycles. The molecule has 0 aliphatic rings. The van der Waals surface area contributed by atoms with E-state index in [0.717, 1.165) is 40.1 Å². The summed E-state index contributed by atoms with van der Waals surface area (Å²) in [6, 6.07) is 0. The lowest BCUT2D eigenvalue weighted by molar-refractivity contribution is 0.668. The van der Waals surface area contributed by atoms with Gasteiger partial charge < -0.3 is 5.32 Å². The van der Waals surface area contributed by atoms with Gasteiger partial charge in [0.05, 0.1) is 5.69 Å². The van der Waals surface area contributed by atoms with Crippen molar-refractivity contribution in [1.82, 2.24) is 25.1 Å². The summed E-state index contributed by atoms with van der Waals surface area (Å²) in [4.78, 5) is 1.03. The van der Waals surface area contributed by atoms with E-state index < -0.39 is 0 Å². The first-order valence-corrected chi connectivity index (χ1v) is 6.72. The predicted octanol–water partition coefficient (Wildman–Crippen LogP) is 1.86. The van der Waals surface area contributed by atoms with Gasteiger partial charge in [0.1, 0.15) is 9.88 Å². The first kappa shape index (κ1) is 11.6. The fourth-order valence-electron chi connectivity index (χ4n) is 1.22. The molecule has 2 aromatic heterocycles. The summed E-state index contributed by atoms with van der Waals surface area (Å²) in [7, 11) is 0. The Morgan fingerprint density at radius 2 is 2.12 bits per heavy atom. The van der Waals surface area contributed by atoms with Gasteiger partial charge in [-0.1, -0.05) is 22.7 Å². The highest BCUT2D eigenvalue weighted by molar-refractivity contribution is 7.19. The number of aryl methyl sites for hydroxylation is 1. The lowest BCUT2D eigenvalue weighted by atomic mass is 10.4. The van der Waals surface area contributed by atoms with Crippen LogP contribution in [0.4, 0.5) is 0 Å². The second kappa shape index (κ2) is 5.42. The molecule has 0 amide bonds. The predicted molar refractivity (Wildman–Crippen MR) is 65.5 cm³/mol. The van der Waals surface area contributed by atoms with Crippen molar-refractivity contribution < 1.29 is 0 Å². The molecule has 86 valence electrons. The SMILES string of the molecule is CCCNCc1nnc(-c2snnc2C)s1. The number of nitrogens with zero attached hydrogens (tertiary/aromatic N) is 4. The first-order valence-electron chi connectivity index (χ1n) is 5.13. The Hall–Kier alpha value is -0.920. The standard InChI is InChI=1S/C9H13N5S2/c1-3-4-10-5-7-12-13-9(15-7)8-6(2)11-14-16-8/h10H,3-5H2,1-2H3. The van der Waals surface area contributed by atoms with Crippen LogP contribution in [0, 0.1) is 6.92 Å². The molecule has 5 nitrogen and oxygen atoms in total. The van der Waals surface area contributed by atoms with E-state index in [0.29, 0.717) is 0 Å². The van der Waals surface area contributed by atoms with E-state index in [9.17, 15) is 0 Å². The number of hydrogen-bond donors (Lipinski definition) is 1. The maximum Gasteiger partial charge on any atom is 0.161 e. The maximum absolute atomic E-state index is 4.16. The van der Waals surface area contributed by atoms with E-state index in [1.807, 2.05) is 6.92 Å². The molecule has 0 bridgehead atoms. The molecule has 0 aliphatic carbocycles. The molecule has 0 aliphatic heterocycles. The Morgan fingerprint density at radius 1 is 1.25 bits per heavy atom. The minimum absolute atomic E-state index is 0.788. The molecule has 2 heterocycles. The van der Waals surface area contributed by atoms with Crippen LogP contribution in [0.3, 0.4) is 0 Å². The molecule has 7 heteroatoms. The highest BCUT2D eigenvalue weighted by Gasteiger charge is 2.11. The summed E-state index contributed by atoms with van der Waals surface area (Å²) in [6.45, 7) is 5.88. The molecule has 1 N–H and O–H groups in total. The van der Waals surface area contributed by atoms with Gasteiger partial charge in [0.2, 0.25) is 0 Å². The zero-order valence-electron chi connectivity index (χ0n) is 9.23. The van der Waals surface area contributed by atoms with Crippen LogP contribution in [-0.2, 0) is 6.54 Å². The van der Waals surface area contributed by atoms with Gasteiger partial charge in [0.15, 0.2) is 5.01 Å². The lowest BCUT2D eigenvalue weighted by Gasteiger charge is -1.96. The molecule has 0 radical (unpaired) electrons. The largest absolute Gasteiger partial charge is 0.310 e. The second-order valence-corrected chi connectivity index (χ2v) is 5.18. The molecule has 0 fully saturated rings. The Morgan fingerprint density at radius 3 is 2.81 bits per heavy atom. The van der Waals surface area contributed by atoms with Gasteiger partial charge in [0, 0.05) is 6.54 Å². The highest BCUT2D eigenvalue weighted by Crippen LogP contribution is 2.28. The van der Waals surface area contributed by atoms with Crippen LogP contribution in [0.5, 0.6) is 0 Å². The average Bonchev–Trinajstić information content (AvgIpc) is 2.87. The Labute approximate surface area is 102 Å². The topological polar surface area (TPSA) is 63.6 Å². The Bertz CT molecular complexity index is 450. The Kier molecular flexibility index (Phi) is 3.92. The first-order chi connectivity index (χ1) is 7.81. The molecule has 0 saturated carbocycles. The third kappa shape index (κ3) is 2.60. The van der Waals surface area contributed by atoms with Gasteiger partial charge >= 0.3 is 0 Å². The monoisotopic (exact) mass is 255 g/mol. The molecular weight excluding hydrogens is 242 g/mol. The van der Waals surface area contributed by atoms with Crippen molar-refractivity contribution in [1.29, 1.82) is 0 Å². The second-order valence-electron chi connectivity index (χ2n) is 3.37. The summed E-state index contributed by atoms with van der Waals surface area (Å²) >= 11 is 2.97. The quantitative estimate of drug-likeness (QED) is 0.826. The zero-order chi connectivity index (χ0) is 11.4. The van der Waals surface area contributed by atoms with Crippen molar-refractivity contribution in [3.8, 4) is 9.88 Å². The van der Waals surface area contributed by atoms with Crippen molar-refractivity contribution in [2.75, 3.05) is 6.54 Å². The van der Waals surface area contributed by atoms with Crippen molar-refractivity contribution in [2.45, 2.75) is 26.8 Å². The van der Waals surface area contributed by atoms with Crippen LogP contribution in [0.1, 0.15) is 24.0 Å². The van der Waals surface area contributed by atoms with Crippen LogP contribution < -0.4 is 5.32 Å². The van der Waals surface area contributed by atoms with E-state index in [4.69, 9.17) is 0 Å². The molecule has 0 atom stereocenters. The third-order valence-electron chi connectivity index (χ3n) is 2.02. The molecule has 16 heavy (non-hydrogen) atoms. The fraction of sp³-hybridized carbons (Fsp3) is 0.556. The minimum Gasteiger partial charge on any atom is -0.310 e. The van der Waals surface area contributed by atoms with Crippen molar-refractivity contribution in [2.24, 2.45) is 0 Å². The van der Waals surface area contributed by atoms with Crippen LogP contribution in [0.2, 0.25) is 0 Å². The van der Waals surface area contributed by atoms with Gasteiger partial charge in [-0.2, -0.15) is 0 Å². The third-order valence-corrected chi connectivity index (χ3v) is 3.92. The van der Waals surface area contributed by atoms with E-state index >= 15 is 0 Å². The summed E-state index contributed by atoms with van der Waals surface area (Å²) in [6.07, 6.45) is 1.13. The van der Waals surface area contributed by atoms with Gasteiger partial charge in [-0.25, -0.2) is 0 Å². The van der Waals surface area contributed by atoms with Gasteiger partial charge in [0.25, 0.3) is 0 Å². The van der Waals surface area contributed by atoms with Crippen LogP contribution in [0.15, 0.2) is 0 Å². The normalized spacial score (nSPS) is 10.9. The van der Waals surface area contributed by atoms with E-state index in [1.165, 1.54) is 11.5 Å². The Balaban J connectivity index is 2.05. The number of aromatic nitrogens is 4. The van der Waals surface area contributed by atoms with E-state index in [1.54, 1.807) is 11.3 Å². The molecule has 2 aromatic rings. The van der Waals surface area contributed by atoms with Crippen LogP contribution >= 0.6 is 22.9 Å². The van der Waals surface area contributed by atoms with Gasteiger partial charge in [-0.15, -0.1) is 15.3 Å². The lowest BCUT2D eigenvalue weighted by Crippen LogP contribution is -2.13. The van der Waals surface area contributed by atoms with E-state index in [2.05, 4.69) is 32.0 Å². The van der Waals surface area contributed by atoms with Gasteiger partial charge in [-0.3, -0.25) is 0 Å². The minimum atomic E-state index is 0.788. The summed E-state index contributed by atoms with van der Waals surface area (Å²) in [5.41, 5.74) is 0.925. The molecular formula is C9H13N5S2. The summed E-state index contributed by atoms with van der Waals surface area (Å²) in [5, 5.41) is 17.5. The fourth-order valence-corrected chi connectivity index (χ4v) is 2.79. The number of rotatable bonds is 5.